The molecule has 0 bridgehead atoms. The second kappa shape index (κ2) is 7.60. The SMILES string of the molecule is C/C(=C/C(Cl)Cl)C(Br)/C=C/C(C)(Cl)CBr. The zero-order chi connectivity index (χ0) is 12.1. The quantitative estimate of drug-likeness (QED) is 0.426. The molecule has 2 unspecified atom stereocenters. The van der Waals surface area contributed by atoms with Gasteiger partial charge in [-0.05, 0) is 13.8 Å². The highest BCUT2D eigenvalue weighted by atomic mass is 79.9. The molecule has 0 nitrogen and oxygen atoms in total. The van der Waals surface area contributed by atoms with E-state index in [0.717, 1.165) is 5.57 Å². The van der Waals surface area contributed by atoms with Gasteiger partial charge in [-0.1, -0.05) is 55.7 Å². The molecule has 0 aromatic heterocycles. The molecule has 0 amide bonds. The van der Waals surface area contributed by atoms with Gasteiger partial charge in [-0.3, -0.25) is 0 Å². The Kier molecular flexibility index (Phi) is 8.26. The summed E-state index contributed by atoms with van der Waals surface area (Å²) in [6.07, 6.45) is 5.71. The molecule has 88 valence electrons. The minimum Gasteiger partial charge on any atom is -0.114 e. The van der Waals surface area contributed by atoms with Gasteiger partial charge in [0.25, 0.3) is 0 Å². The van der Waals surface area contributed by atoms with Crippen molar-refractivity contribution < 1.29 is 0 Å². The number of allylic oxidation sites excluding steroid dienone is 4. The lowest BCUT2D eigenvalue weighted by molar-refractivity contribution is 0.899. The topological polar surface area (TPSA) is 0 Å². The fourth-order valence-corrected chi connectivity index (χ4v) is 1.73. The van der Waals surface area contributed by atoms with Crippen molar-refractivity contribution in [1.82, 2.24) is 0 Å². The molecule has 0 aliphatic rings. The van der Waals surface area contributed by atoms with Crippen LogP contribution < -0.4 is 0 Å². The Morgan fingerprint density at radius 2 is 2.00 bits per heavy atom. The molecule has 0 heterocycles. The summed E-state index contributed by atoms with van der Waals surface area (Å²) in [5.41, 5.74) is 1.06. The summed E-state index contributed by atoms with van der Waals surface area (Å²) < 4.78 is 0. The van der Waals surface area contributed by atoms with E-state index >= 15 is 0 Å². The van der Waals surface area contributed by atoms with Crippen LogP contribution in [0.15, 0.2) is 23.8 Å². The molecular formula is C10H13Br2Cl3. The minimum atomic E-state index is -0.475. The van der Waals surface area contributed by atoms with Gasteiger partial charge in [0.1, 0.15) is 4.84 Å². The zero-order valence-corrected chi connectivity index (χ0v) is 13.9. The summed E-state index contributed by atoms with van der Waals surface area (Å²) in [4.78, 5) is -0.736. The van der Waals surface area contributed by atoms with Gasteiger partial charge in [0.05, 0.1) is 9.70 Å². The van der Waals surface area contributed by atoms with Crippen molar-refractivity contribution in [1.29, 1.82) is 0 Å². The third-order valence-corrected chi connectivity index (χ3v) is 4.72. The fourth-order valence-electron chi connectivity index (χ4n) is 0.772. The second-order valence-corrected chi connectivity index (χ2v) is 6.99. The van der Waals surface area contributed by atoms with E-state index < -0.39 is 4.84 Å². The highest BCUT2D eigenvalue weighted by Gasteiger charge is 2.15. The Hall–Kier alpha value is 1.31. The Morgan fingerprint density at radius 1 is 1.47 bits per heavy atom. The molecule has 0 aromatic carbocycles. The van der Waals surface area contributed by atoms with E-state index in [-0.39, 0.29) is 9.70 Å². The van der Waals surface area contributed by atoms with Gasteiger partial charge in [0.2, 0.25) is 0 Å². The van der Waals surface area contributed by atoms with Crippen LogP contribution in [0.4, 0.5) is 0 Å². The van der Waals surface area contributed by atoms with Crippen LogP contribution in [-0.4, -0.2) is 19.9 Å². The van der Waals surface area contributed by atoms with E-state index in [1.54, 1.807) is 6.08 Å². The largest absolute Gasteiger partial charge is 0.126 e. The maximum atomic E-state index is 6.15. The lowest BCUT2D eigenvalue weighted by Gasteiger charge is -2.14. The molecule has 0 aromatic rings. The molecule has 0 radical (unpaired) electrons. The number of hydrogen-bond donors (Lipinski definition) is 0. The highest BCUT2D eigenvalue weighted by molar-refractivity contribution is 9.09. The third-order valence-electron chi connectivity index (χ3n) is 1.70. The first kappa shape index (κ1) is 16.3. The molecule has 2 atom stereocenters. The monoisotopic (exact) mass is 396 g/mol. The number of hydrogen-bond acceptors (Lipinski definition) is 0. The summed E-state index contributed by atoms with van der Waals surface area (Å²) in [7, 11) is 0. The standard InChI is InChI=1S/C10H13Br2Cl3/c1-7(5-9(13)14)8(12)3-4-10(2,15)6-11/h3-5,8-9H,6H2,1-2H3/b4-3+,7-5-. The Bertz CT molecular complexity index is 247. The third kappa shape index (κ3) is 8.09. The van der Waals surface area contributed by atoms with E-state index in [4.69, 9.17) is 34.8 Å². The van der Waals surface area contributed by atoms with Gasteiger partial charge in [-0.15, -0.1) is 34.8 Å². The number of alkyl halides is 5. The van der Waals surface area contributed by atoms with Crippen molar-refractivity contribution >= 4 is 66.7 Å². The molecule has 0 fully saturated rings. The van der Waals surface area contributed by atoms with E-state index in [2.05, 4.69) is 31.9 Å². The molecule has 15 heavy (non-hydrogen) atoms. The summed E-state index contributed by atoms with van der Waals surface area (Å²) in [5, 5.41) is 0.703. The molecule has 0 saturated carbocycles. The first-order chi connectivity index (χ1) is 6.78. The molecule has 0 rings (SSSR count). The maximum Gasteiger partial charge on any atom is 0.126 e. The molecule has 0 aliphatic heterocycles. The normalized spacial score (nSPS) is 19.6. The van der Waals surface area contributed by atoms with E-state index in [0.29, 0.717) is 5.33 Å². The maximum absolute atomic E-state index is 6.15. The lowest BCUT2D eigenvalue weighted by atomic mass is 10.1. The van der Waals surface area contributed by atoms with Crippen molar-refractivity contribution in [3.05, 3.63) is 23.8 Å². The van der Waals surface area contributed by atoms with E-state index in [1.165, 1.54) is 0 Å². The molecule has 0 N–H and O–H groups in total. The first-order valence-electron chi connectivity index (χ1n) is 4.33. The van der Waals surface area contributed by atoms with Crippen LogP contribution in [0.2, 0.25) is 0 Å². The Labute approximate surface area is 123 Å². The molecule has 0 saturated heterocycles. The van der Waals surface area contributed by atoms with Crippen LogP contribution in [0.3, 0.4) is 0 Å². The average molecular weight is 399 g/mol. The summed E-state index contributed by atoms with van der Waals surface area (Å²) in [5.74, 6) is 0. The highest BCUT2D eigenvalue weighted by Crippen LogP contribution is 2.22. The fraction of sp³-hybridized carbons (Fsp3) is 0.600. The second-order valence-electron chi connectivity index (χ2n) is 3.42. The van der Waals surface area contributed by atoms with Crippen molar-refractivity contribution in [2.75, 3.05) is 5.33 Å². The van der Waals surface area contributed by atoms with Crippen molar-refractivity contribution in [2.45, 2.75) is 28.4 Å². The van der Waals surface area contributed by atoms with E-state index in [9.17, 15) is 0 Å². The van der Waals surface area contributed by atoms with Crippen molar-refractivity contribution in [3.8, 4) is 0 Å². The van der Waals surface area contributed by atoms with Gasteiger partial charge in [-0.2, -0.15) is 0 Å². The predicted octanol–water partition coefficient (Wildman–Crippen LogP) is 5.45. The van der Waals surface area contributed by atoms with Crippen LogP contribution >= 0.6 is 66.7 Å². The molecule has 0 spiro atoms. The van der Waals surface area contributed by atoms with Crippen LogP contribution in [0.25, 0.3) is 0 Å². The number of halogens is 5. The molecule has 0 aliphatic carbocycles. The van der Waals surface area contributed by atoms with Crippen LogP contribution in [0.5, 0.6) is 0 Å². The Balaban J connectivity index is 4.43. The zero-order valence-electron chi connectivity index (χ0n) is 8.48. The smallest absolute Gasteiger partial charge is 0.114 e. The minimum absolute atomic E-state index is 0.106. The van der Waals surface area contributed by atoms with Crippen LogP contribution in [0, 0.1) is 0 Å². The van der Waals surface area contributed by atoms with Gasteiger partial charge >= 0.3 is 0 Å². The summed E-state index contributed by atoms with van der Waals surface area (Å²) in [6.45, 7) is 3.89. The van der Waals surface area contributed by atoms with E-state index in [1.807, 2.05) is 26.0 Å². The first-order valence-corrected chi connectivity index (χ1v) is 7.62. The van der Waals surface area contributed by atoms with Crippen molar-refractivity contribution in [3.63, 3.8) is 0 Å². The van der Waals surface area contributed by atoms with Gasteiger partial charge < -0.3 is 0 Å². The van der Waals surface area contributed by atoms with Crippen LogP contribution in [0.1, 0.15) is 13.8 Å². The summed E-state index contributed by atoms with van der Waals surface area (Å²) >= 11 is 24.3. The van der Waals surface area contributed by atoms with Gasteiger partial charge in [0.15, 0.2) is 0 Å². The Morgan fingerprint density at radius 3 is 2.40 bits per heavy atom. The number of rotatable bonds is 5. The molecular weight excluding hydrogens is 386 g/mol. The lowest BCUT2D eigenvalue weighted by Crippen LogP contribution is -2.14. The van der Waals surface area contributed by atoms with Gasteiger partial charge in [0, 0.05) is 5.33 Å². The average Bonchev–Trinajstić information content (AvgIpc) is 2.13. The predicted molar refractivity (Wildman–Crippen MR) is 79.2 cm³/mol. The van der Waals surface area contributed by atoms with Crippen LogP contribution in [-0.2, 0) is 0 Å². The molecule has 5 heteroatoms. The van der Waals surface area contributed by atoms with Gasteiger partial charge in [-0.25, -0.2) is 0 Å². The van der Waals surface area contributed by atoms with Crippen molar-refractivity contribution in [2.24, 2.45) is 0 Å². The summed E-state index contributed by atoms with van der Waals surface area (Å²) in [6, 6.07) is 0.